The van der Waals surface area contributed by atoms with E-state index in [4.69, 9.17) is 0 Å². The number of aromatic nitrogens is 2. The number of rotatable bonds is 4. The van der Waals surface area contributed by atoms with Gasteiger partial charge in [0, 0.05) is 30.4 Å². The topological polar surface area (TPSA) is 58.1 Å². The first-order chi connectivity index (χ1) is 10.7. The molecule has 0 spiro atoms. The van der Waals surface area contributed by atoms with E-state index in [1.54, 1.807) is 29.9 Å². The Balaban J connectivity index is 1.57. The van der Waals surface area contributed by atoms with Crippen LogP contribution in [0.5, 0.6) is 0 Å². The summed E-state index contributed by atoms with van der Waals surface area (Å²) < 4.78 is 0. The lowest BCUT2D eigenvalue weighted by molar-refractivity contribution is -0.125. The highest BCUT2D eigenvalue weighted by Crippen LogP contribution is 2.21. The summed E-state index contributed by atoms with van der Waals surface area (Å²) >= 11 is 1.69. The highest BCUT2D eigenvalue weighted by molar-refractivity contribution is 7.10. The van der Waals surface area contributed by atoms with E-state index in [0.717, 1.165) is 25.2 Å². The molecule has 0 aliphatic carbocycles. The van der Waals surface area contributed by atoms with Gasteiger partial charge in [0.05, 0.1) is 18.7 Å². The minimum absolute atomic E-state index is 0.0241. The standard InChI is InChI=1S/C16H20N4OS/c1-12-4-8-22-14(12)9-19-16(21)13-3-2-7-20(11-13)15-10-17-5-6-18-15/h4-6,8,10,13H,2-3,7,9,11H2,1H3,(H,19,21)/t13-/m0/s1. The molecule has 116 valence electrons. The highest BCUT2D eigenvalue weighted by Gasteiger charge is 2.26. The van der Waals surface area contributed by atoms with Gasteiger partial charge in [-0.15, -0.1) is 11.3 Å². The summed E-state index contributed by atoms with van der Waals surface area (Å²) in [6.07, 6.45) is 7.06. The minimum Gasteiger partial charge on any atom is -0.355 e. The highest BCUT2D eigenvalue weighted by atomic mass is 32.1. The lowest BCUT2D eigenvalue weighted by Crippen LogP contribution is -2.43. The Morgan fingerprint density at radius 1 is 1.50 bits per heavy atom. The van der Waals surface area contributed by atoms with Crippen molar-refractivity contribution in [3.05, 3.63) is 40.5 Å². The van der Waals surface area contributed by atoms with E-state index >= 15 is 0 Å². The summed E-state index contributed by atoms with van der Waals surface area (Å²) in [5.74, 6) is 1.02. The molecule has 1 N–H and O–H groups in total. The van der Waals surface area contributed by atoms with Crippen LogP contribution in [0.2, 0.25) is 0 Å². The van der Waals surface area contributed by atoms with E-state index in [0.29, 0.717) is 13.1 Å². The predicted molar refractivity (Wildman–Crippen MR) is 87.9 cm³/mol. The smallest absolute Gasteiger partial charge is 0.225 e. The largest absolute Gasteiger partial charge is 0.355 e. The van der Waals surface area contributed by atoms with Crippen LogP contribution in [0.1, 0.15) is 23.3 Å². The number of nitrogens with zero attached hydrogens (tertiary/aromatic N) is 3. The third-order valence-corrected chi connectivity index (χ3v) is 5.08. The number of nitrogens with one attached hydrogen (secondary N) is 1. The second-order valence-corrected chi connectivity index (χ2v) is 6.59. The van der Waals surface area contributed by atoms with Crippen LogP contribution in [0.15, 0.2) is 30.0 Å². The average molecular weight is 316 g/mol. The first-order valence-corrected chi connectivity index (χ1v) is 8.43. The molecule has 5 nitrogen and oxygen atoms in total. The van der Waals surface area contributed by atoms with Crippen LogP contribution >= 0.6 is 11.3 Å². The Hall–Kier alpha value is -1.95. The number of piperidine rings is 1. The summed E-state index contributed by atoms with van der Waals surface area (Å²) in [7, 11) is 0. The summed E-state index contributed by atoms with van der Waals surface area (Å²) in [6, 6.07) is 2.09. The van der Waals surface area contributed by atoms with Gasteiger partial charge < -0.3 is 10.2 Å². The van der Waals surface area contributed by atoms with Crippen LogP contribution in [0.25, 0.3) is 0 Å². The molecule has 0 aromatic carbocycles. The number of hydrogen-bond donors (Lipinski definition) is 1. The first-order valence-electron chi connectivity index (χ1n) is 7.55. The lowest BCUT2D eigenvalue weighted by Gasteiger charge is -2.32. The van der Waals surface area contributed by atoms with E-state index in [-0.39, 0.29) is 11.8 Å². The number of carbonyl (C=O) groups excluding carboxylic acids is 1. The first kappa shape index (κ1) is 15.0. The second kappa shape index (κ2) is 6.87. The van der Waals surface area contributed by atoms with Crippen LogP contribution in [0, 0.1) is 12.8 Å². The Labute approximate surface area is 134 Å². The predicted octanol–water partition coefficient (Wildman–Crippen LogP) is 2.38. The van der Waals surface area contributed by atoms with Crippen molar-refractivity contribution >= 4 is 23.1 Å². The zero-order valence-electron chi connectivity index (χ0n) is 12.7. The van der Waals surface area contributed by atoms with Gasteiger partial charge in [0.25, 0.3) is 0 Å². The molecule has 2 aromatic heterocycles. The van der Waals surface area contributed by atoms with Crippen molar-refractivity contribution in [2.24, 2.45) is 5.92 Å². The lowest BCUT2D eigenvalue weighted by atomic mass is 9.97. The summed E-state index contributed by atoms with van der Waals surface area (Å²) in [6.45, 7) is 4.36. The third-order valence-electron chi connectivity index (χ3n) is 4.06. The van der Waals surface area contributed by atoms with Crippen LogP contribution in [-0.4, -0.2) is 29.0 Å². The fourth-order valence-corrected chi connectivity index (χ4v) is 3.60. The molecule has 1 aliphatic rings. The van der Waals surface area contributed by atoms with Crippen LogP contribution in [0.3, 0.4) is 0 Å². The zero-order chi connectivity index (χ0) is 15.4. The Morgan fingerprint density at radius 2 is 2.41 bits per heavy atom. The van der Waals surface area contributed by atoms with Gasteiger partial charge in [-0.1, -0.05) is 0 Å². The summed E-state index contributed by atoms with van der Waals surface area (Å²) in [5, 5.41) is 5.14. The normalized spacial score (nSPS) is 18.2. The van der Waals surface area contributed by atoms with Gasteiger partial charge in [-0.3, -0.25) is 9.78 Å². The van der Waals surface area contributed by atoms with E-state index in [9.17, 15) is 4.79 Å². The maximum absolute atomic E-state index is 12.4. The van der Waals surface area contributed by atoms with Crippen molar-refractivity contribution < 1.29 is 4.79 Å². The van der Waals surface area contributed by atoms with Crippen molar-refractivity contribution in [3.8, 4) is 0 Å². The van der Waals surface area contributed by atoms with Crippen molar-refractivity contribution in [2.45, 2.75) is 26.3 Å². The molecule has 0 bridgehead atoms. The third kappa shape index (κ3) is 3.44. The number of aryl methyl sites for hydroxylation is 1. The monoisotopic (exact) mass is 316 g/mol. The van der Waals surface area contributed by atoms with E-state index in [1.807, 2.05) is 0 Å². The second-order valence-electron chi connectivity index (χ2n) is 5.59. The van der Waals surface area contributed by atoms with Crippen molar-refractivity contribution in [2.75, 3.05) is 18.0 Å². The molecule has 6 heteroatoms. The Bertz CT molecular complexity index is 628. The number of amides is 1. The van der Waals surface area contributed by atoms with Crippen LogP contribution in [-0.2, 0) is 11.3 Å². The van der Waals surface area contributed by atoms with Gasteiger partial charge in [-0.05, 0) is 36.8 Å². The number of thiophene rings is 1. The molecular weight excluding hydrogens is 296 g/mol. The van der Waals surface area contributed by atoms with Gasteiger partial charge in [0.15, 0.2) is 0 Å². The SMILES string of the molecule is Cc1ccsc1CNC(=O)[C@H]1CCCN(c2cnccn2)C1. The maximum atomic E-state index is 12.4. The molecule has 22 heavy (non-hydrogen) atoms. The molecule has 1 saturated heterocycles. The average Bonchev–Trinajstić information content (AvgIpc) is 2.99. The van der Waals surface area contributed by atoms with Gasteiger partial charge >= 0.3 is 0 Å². The molecule has 1 aliphatic heterocycles. The number of hydrogen-bond acceptors (Lipinski definition) is 5. The Morgan fingerprint density at radius 3 is 3.14 bits per heavy atom. The fourth-order valence-electron chi connectivity index (χ4n) is 2.75. The molecule has 3 heterocycles. The van der Waals surface area contributed by atoms with Crippen molar-refractivity contribution in [1.29, 1.82) is 0 Å². The van der Waals surface area contributed by atoms with Crippen molar-refractivity contribution in [1.82, 2.24) is 15.3 Å². The van der Waals surface area contributed by atoms with Gasteiger partial charge in [0.1, 0.15) is 5.82 Å². The van der Waals surface area contributed by atoms with Gasteiger partial charge in [-0.25, -0.2) is 4.98 Å². The molecule has 3 rings (SSSR count). The minimum atomic E-state index is 0.0241. The fraction of sp³-hybridized carbons (Fsp3) is 0.438. The molecule has 2 aromatic rings. The maximum Gasteiger partial charge on any atom is 0.225 e. The summed E-state index contributed by atoms with van der Waals surface area (Å²) in [5.41, 5.74) is 1.25. The number of carbonyl (C=O) groups is 1. The molecular formula is C16H20N4OS. The van der Waals surface area contributed by atoms with Crippen LogP contribution in [0.4, 0.5) is 5.82 Å². The van der Waals surface area contributed by atoms with Crippen LogP contribution < -0.4 is 10.2 Å². The Kier molecular flexibility index (Phi) is 4.68. The van der Waals surface area contributed by atoms with E-state index in [1.165, 1.54) is 10.4 Å². The quantitative estimate of drug-likeness (QED) is 0.941. The number of anilines is 1. The zero-order valence-corrected chi connectivity index (χ0v) is 13.5. The van der Waals surface area contributed by atoms with Crippen molar-refractivity contribution in [3.63, 3.8) is 0 Å². The molecule has 1 amide bonds. The van der Waals surface area contributed by atoms with E-state index < -0.39 is 0 Å². The molecule has 1 fully saturated rings. The molecule has 0 unspecified atom stereocenters. The molecule has 0 saturated carbocycles. The van der Waals surface area contributed by atoms with Gasteiger partial charge in [0.2, 0.25) is 5.91 Å². The van der Waals surface area contributed by atoms with Gasteiger partial charge in [-0.2, -0.15) is 0 Å². The molecule has 0 radical (unpaired) electrons. The van der Waals surface area contributed by atoms with E-state index in [2.05, 4.69) is 38.6 Å². The summed E-state index contributed by atoms with van der Waals surface area (Å²) in [4.78, 5) is 24.2. The molecule has 1 atom stereocenters.